The van der Waals surface area contributed by atoms with Crippen molar-refractivity contribution in [3.8, 4) is 0 Å². The molecule has 104 valence electrons. The molecule has 0 unspecified atom stereocenters. The molecule has 0 aliphatic heterocycles. The van der Waals surface area contributed by atoms with Crippen molar-refractivity contribution in [2.24, 2.45) is 5.41 Å². The molecule has 0 atom stereocenters. The second-order valence-corrected chi connectivity index (χ2v) is 8.06. The number of hydrogen-bond donors (Lipinski definition) is 0. The highest BCUT2D eigenvalue weighted by Crippen LogP contribution is 2.20. The van der Waals surface area contributed by atoms with Crippen LogP contribution in [0.2, 0.25) is 6.04 Å². The molecule has 0 saturated carbocycles. The van der Waals surface area contributed by atoms with Crippen LogP contribution in [0.15, 0.2) is 0 Å². The van der Waals surface area contributed by atoms with E-state index in [0.29, 0.717) is 0 Å². The molecule has 0 bridgehead atoms. The Morgan fingerprint density at radius 3 is 1.94 bits per heavy atom. The highest BCUT2D eigenvalue weighted by Gasteiger charge is 2.36. The molecule has 17 heavy (non-hydrogen) atoms. The van der Waals surface area contributed by atoms with Gasteiger partial charge in [-0.1, -0.05) is 20.8 Å². The fourth-order valence-corrected chi connectivity index (χ4v) is 3.09. The zero-order chi connectivity index (χ0) is 13.4. The summed E-state index contributed by atoms with van der Waals surface area (Å²) in [6.45, 7) is 8.14. The van der Waals surface area contributed by atoms with Gasteiger partial charge in [-0.2, -0.15) is 0 Å². The lowest BCUT2D eigenvalue weighted by Gasteiger charge is -2.25. The van der Waals surface area contributed by atoms with E-state index in [0.717, 1.165) is 32.1 Å². The van der Waals surface area contributed by atoms with Crippen molar-refractivity contribution < 1.29 is 18.0 Å². The maximum Gasteiger partial charge on any atom is 0.500 e. The summed E-state index contributed by atoms with van der Waals surface area (Å²) in [6, 6.07) is 0.795. The van der Waals surface area contributed by atoms with Gasteiger partial charge in [-0.25, -0.2) is 0 Å². The first-order chi connectivity index (χ1) is 7.95. The van der Waals surface area contributed by atoms with Crippen molar-refractivity contribution >= 4 is 8.80 Å². The van der Waals surface area contributed by atoms with Crippen molar-refractivity contribution in [1.82, 2.24) is 0 Å². The average Bonchev–Trinajstić information content (AvgIpc) is 2.34. The summed E-state index contributed by atoms with van der Waals surface area (Å²) in [6.07, 6.45) is 2.03. The van der Waals surface area contributed by atoms with Crippen LogP contribution in [-0.2, 0) is 18.0 Å². The van der Waals surface area contributed by atoms with Crippen LogP contribution in [0.1, 0.15) is 33.6 Å². The molecule has 0 amide bonds. The highest BCUT2D eigenvalue weighted by atomic mass is 28.4. The second kappa shape index (κ2) is 8.21. The van der Waals surface area contributed by atoms with Gasteiger partial charge in [0.1, 0.15) is 0 Å². The van der Waals surface area contributed by atoms with Gasteiger partial charge in [0, 0.05) is 34.0 Å². The quantitative estimate of drug-likeness (QED) is 0.449. The molecular formula is C12H28O4Si. The standard InChI is InChI=1S/C12H28O4Si/c1-7-12(2,3)11-16-9-8-10-17(13-4,14-5)15-6/h7-11H2,1-6H3. The summed E-state index contributed by atoms with van der Waals surface area (Å²) >= 11 is 0. The fourth-order valence-electron chi connectivity index (χ4n) is 1.40. The Bertz CT molecular complexity index is 185. The molecule has 0 aromatic heterocycles. The molecule has 0 rings (SSSR count). The first-order valence-electron chi connectivity index (χ1n) is 6.18. The molecule has 0 spiro atoms. The first-order valence-corrected chi connectivity index (χ1v) is 8.11. The van der Waals surface area contributed by atoms with Crippen molar-refractivity contribution in [3.05, 3.63) is 0 Å². The summed E-state index contributed by atoms with van der Waals surface area (Å²) in [7, 11) is 2.52. The zero-order valence-electron chi connectivity index (χ0n) is 12.2. The van der Waals surface area contributed by atoms with E-state index in [2.05, 4.69) is 20.8 Å². The van der Waals surface area contributed by atoms with Crippen molar-refractivity contribution in [3.63, 3.8) is 0 Å². The van der Waals surface area contributed by atoms with Crippen molar-refractivity contribution in [2.45, 2.75) is 39.7 Å². The van der Waals surface area contributed by atoms with Crippen molar-refractivity contribution in [2.75, 3.05) is 34.5 Å². The largest absolute Gasteiger partial charge is 0.500 e. The van der Waals surface area contributed by atoms with Crippen molar-refractivity contribution in [1.29, 1.82) is 0 Å². The van der Waals surface area contributed by atoms with Crippen LogP contribution in [0, 0.1) is 5.41 Å². The molecule has 0 aromatic rings. The van der Waals surface area contributed by atoms with Crippen LogP contribution >= 0.6 is 0 Å². The number of rotatable bonds is 10. The van der Waals surface area contributed by atoms with E-state index in [1.54, 1.807) is 21.3 Å². The SMILES string of the molecule is CCC(C)(C)COCCC[Si](OC)(OC)OC. The van der Waals surface area contributed by atoms with Crippen LogP contribution in [0.4, 0.5) is 0 Å². The van der Waals surface area contributed by atoms with Gasteiger partial charge >= 0.3 is 8.80 Å². The summed E-state index contributed by atoms with van der Waals surface area (Å²) < 4.78 is 21.7. The summed E-state index contributed by atoms with van der Waals surface area (Å²) in [5.74, 6) is 0. The van der Waals surface area contributed by atoms with Gasteiger partial charge in [0.2, 0.25) is 0 Å². The predicted molar refractivity (Wildman–Crippen MR) is 71.1 cm³/mol. The monoisotopic (exact) mass is 264 g/mol. The average molecular weight is 264 g/mol. The molecule has 0 saturated heterocycles. The molecule has 0 aromatic carbocycles. The summed E-state index contributed by atoms with van der Waals surface area (Å²) in [5, 5.41) is 0. The molecule has 0 aliphatic carbocycles. The fraction of sp³-hybridized carbons (Fsp3) is 1.00. The Labute approximate surface area is 107 Å². The van der Waals surface area contributed by atoms with Gasteiger partial charge in [0.05, 0.1) is 6.61 Å². The maximum atomic E-state index is 5.67. The molecule has 0 fully saturated rings. The van der Waals surface area contributed by atoms with Gasteiger partial charge in [-0.3, -0.25) is 0 Å². The Kier molecular flexibility index (Phi) is 8.24. The third kappa shape index (κ3) is 6.52. The molecule has 0 heterocycles. The normalized spacial score (nSPS) is 13.1. The lowest BCUT2D eigenvalue weighted by atomic mass is 9.92. The minimum absolute atomic E-state index is 0.262. The van der Waals surface area contributed by atoms with Gasteiger partial charge in [0.15, 0.2) is 0 Å². The van der Waals surface area contributed by atoms with Crippen LogP contribution in [0.25, 0.3) is 0 Å². The molecule has 0 radical (unpaired) electrons. The molecule has 0 aliphatic rings. The smallest absolute Gasteiger partial charge is 0.381 e. The Morgan fingerprint density at radius 2 is 1.53 bits per heavy atom. The Balaban J connectivity index is 3.77. The molecular weight excluding hydrogens is 236 g/mol. The highest BCUT2D eigenvalue weighted by molar-refractivity contribution is 6.60. The molecule has 5 heteroatoms. The summed E-state index contributed by atoms with van der Waals surface area (Å²) in [5.41, 5.74) is 0.262. The van der Waals surface area contributed by atoms with Gasteiger partial charge < -0.3 is 18.0 Å². The lowest BCUT2D eigenvalue weighted by molar-refractivity contribution is 0.0566. The second-order valence-electron chi connectivity index (χ2n) is 4.97. The summed E-state index contributed by atoms with van der Waals surface area (Å²) in [4.78, 5) is 0. The zero-order valence-corrected chi connectivity index (χ0v) is 13.2. The first kappa shape index (κ1) is 17.1. The Hall–Kier alpha value is 0.0569. The van der Waals surface area contributed by atoms with E-state index < -0.39 is 8.80 Å². The van der Waals surface area contributed by atoms with Crippen LogP contribution in [0.3, 0.4) is 0 Å². The van der Waals surface area contributed by atoms with Crippen LogP contribution in [0.5, 0.6) is 0 Å². The predicted octanol–water partition coefficient (Wildman–Crippen LogP) is 2.71. The number of ether oxygens (including phenoxy) is 1. The van der Waals surface area contributed by atoms with Gasteiger partial charge in [-0.05, 0) is 18.3 Å². The third-order valence-electron chi connectivity index (χ3n) is 3.15. The van der Waals surface area contributed by atoms with E-state index >= 15 is 0 Å². The van der Waals surface area contributed by atoms with E-state index in [1.807, 2.05) is 0 Å². The van der Waals surface area contributed by atoms with Gasteiger partial charge in [-0.15, -0.1) is 0 Å². The minimum atomic E-state index is -2.40. The minimum Gasteiger partial charge on any atom is -0.381 e. The van der Waals surface area contributed by atoms with E-state index in [-0.39, 0.29) is 5.41 Å². The topological polar surface area (TPSA) is 36.9 Å². The van der Waals surface area contributed by atoms with Gasteiger partial charge in [0.25, 0.3) is 0 Å². The van der Waals surface area contributed by atoms with Crippen LogP contribution < -0.4 is 0 Å². The lowest BCUT2D eigenvalue weighted by Crippen LogP contribution is -2.42. The van der Waals surface area contributed by atoms with E-state index in [4.69, 9.17) is 18.0 Å². The Morgan fingerprint density at radius 1 is 1.00 bits per heavy atom. The third-order valence-corrected chi connectivity index (χ3v) is 5.99. The molecule has 4 nitrogen and oxygen atoms in total. The maximum absolute atomic E-state index is 5.67. The number of hydrogen-bond acceptors (Lipinski definition) is 4. The van der Waals surface area contributed by atoms with E-state index in [1.165, 1.54) is 0 Å². The van der Waals surface area contributed by atoms with E-state index in [9.17, 15) is 0 Å². The molecule has 0 N–H and O–H groups in total. The van der Waals surface area contributed by atoms with Crippen LogP contribution in [-0.4, -0.2) is 43.3 Å².